The number of aromatic nitrogens is 2. The summed E-state index contributed by atoms with van der Waals surface area (Å²) in [7, 11) is 1.85. The first-order valence-electron chi connectivity index (χ1n) is 12.4. The van der Waals surface area contributed by atoms with Crippen LogP contribution in [0.3, 0.4) is 0 Å². The number of nitrogens with zero attached hydrogens (tertiary/aromatic N) is 4. The van der Waals surface area contributed by atoms with Crippen LogP contribution in [0.1, 0.15) is 50.6 Å². The maximum absolute atomic E-state index is 13.7. The van der Waals surface area contributed by atoms with Gasteiger partial charge in [-0.05, 0) is 24.8 Å². The van der Waals surface area contributed by atoms with Crippen LogP contribution in [0.2, 0.25) is 0 Å². The lowest BCUT2D eigenvalue weighted by Crippen LogP contribution is -2.58. The van der Waals surface area contributed by atoms with Gasteiger partial charge in [0.05, 0.1) is 24.4 Å². The molecule has 1 saturated carbocycles. The molecular weight excluding hydrogens is 430 g/mol. The monoisotopic (exact) mass is 467 g/mol. The van der Waals surface area contributed by atoms with Gasteiger partial charge in [-0.2, -0.15) is 0 Å². The molecule has 0 radical (unpaired) electrons. The summed E-state index contributed by atoms with van der Waals surface area (Å²) in [5, 5.41) is 15.4. The number of urea groups is 1. The Morgan fingerprint density at radius 2 is 2.03 bits per heavy atom. The molecule has 0 spiro atoms. The van der Waals surface area contributed by atoms with Gasteiger partial charge in [0.1, 0.15) is 0 Å². The molecule has 1 unspecified atom stereocenters. The van der Waals surface area contributed by atoms with Crippen molar-refractivity contribution in [3.8, 4) is 0 Å². The molecule has 184 valence electrons. The second-order valence-electron chi connectivity index (χ2n) is 9.88. The first-order valence-corrected chi connectivity index (χ1v) is 12.4. The van der Waals surface area contributed by atoms with Crippen LogP contribution in [0.5, 0.6) is 0 Å². The lowest BCUT2D eigenvalue weighted by atomic mass is 9.68. The average Bonchev–Trinajstić information content (AvgIpc) is 3.35. The smallest absolute Gasteiger partial charge is 0.320 e. The summed E-state index contributed by atoms with van der Waals surface area (Å²) in [5.74, 6) is 0. The number of carbonyl (C=O) groups excluding carboxylic acids is 1. The Labute approximate surface area is 201 Å². The fourth-order valence-electron chi connectivity index (χ4n) is 5.91. The minimum atomic E-state index is -1.11. The maximum atomic E-state index is 13.7. The van der Waals surface area contributed by atoms with E-state index in [9.17, 15) is 14.7 Å². The van der Waals surface area contributed by atoms with E-state index in [4.69, 9.17) is 0 Å². The van der Waals surface area contributed by atoms with Gasteiger partial charge in [-0.3, -0.25) is 9.78 Å². The van der Waals surface area contributed by atoms with E-state index in [-0.39, 0.29) is 24.2 Å². The molecule has 1 aliphatic heterocycles. The molecule has 4 rings (SSSR count). The van der Waals surface area contributed by atoms with Gasteiger partial charge in [0, 0.05) is 51.0 Å². The highest BCUT2D eigenvalue weighted by Crippen LogP contribution is 2.49. The summed E-state index contributed by atoms with van der Waals surface area (Å²) >= 11 is 0. The van der Waals surface area contributed by atoms with E-state index in [1.807, 2.05) is 37.1 Å². The first kappa shape index (κ1) is 24.4. The number of hydrogen-bond donors (Lipinski definition) is 2. The van der Waals surface area contributed by atoms with E-state index in [1.165, 1.54) is 6.20 Å². The van der Waals surface area contributed by atoms with Crippen LogP contribution in [-0.2, 0) is 6.54 Å². The van der Waals surface area contributed by atoms with E-state index >= 15 is 0 Å². The molecule has 2 aliphatic rings. The van der Waals surface area contributed by atoms with E-state index in [1.54, 1.807) is 21.9 Å². The molecular formula is C26H37N5O3. The summed E-state index contributed by atoms with van der Waals surface area (Å²) in [5.41, 5.74) is -0.677. The molecule has 34 heavy (non-hydrogen) atoms. The molecule has 2 aromatic rings. The second kappa shape index (κ2) is 10.3. The standard InChI is InChI=1S/C26H37N5O3/c1-3-26(34,20-30-15-13-28-18-23(30)32)25(11-7-8-12-25)19-29(2)24(33)31-16-14-27-17-22(31)21-9-5-4-6-10-21/h4-6,9-10,13,15,18,22,27,34H,3,7-8,11-12,14,16-17,19-20H2,1-2H3/t22-,26?/m0/s1. The minimum absolute atomic E-state index is 0.0128. The Hall–Kier alpha value is -2.71. The molecule has 2 fully saturated rings. The summed E-state index contributed by atoms with van der Waals surface area (Å²) < 4.78 is 1.54. The number of piperazine rings is 1. The zero-order chi connectivity index (χ0) is 24.2. The van der Waals surface area contributed by atoms with Gasteiger partial charge in [0.2, 0.25) is 0 Å². The summed E-state index contributed by atoms with van der Waals surface area (Å²) in [6, 6.07) is 10.1. The van der Waals surface area contributed by atoms with Crippen LogP contribution in [0.4, 0.5) is 4.79 Å². The third-order valence-electron chi connectivity index (χ3n) is 7.91. The highest BCUT2D eigenvalue weighted by Gasteiger charge is 2.52. The van der Waals surface area contributed by atoms with Crippen LogP contribution < -0.4 is 10.9 Å². The van der Waals surface area contributed by atoms with E-state index in [0.29, 0.717) is 19.5 Å². The molecule has 8 heteroatoms. The molecule has 1 aliphatic carbocycles. The van der Waals surface area contributed by atoms with Gasteiger partial charge < -0.3 is 24.8 Å². The molecule has 1 aromatic heterocycles. The molecule has 1 aromatic carbocycles. The van der Waals surface area contributed by atoms with Gasteiger partial charge in [-0.1, -0.05) is 50.1 Å². The zero-order valence-corrected chi connectivity index (χ0v) is 20.3. The van der Waals surface area contributed by atoms with Crippen LogP contribution in [0, 0.1) is 5.41 Å². The largest absolute Gasteiger partial charge is 0.387 e. The van der Waals surface area contributed by atoms with Crippen molar-refractivity contribution in [1.29, 1.82) is 0 Å². The topological polar surface area (TPSA) is 90.7 Å². The molecule has 2 amide bonds. The minimum Gasteiger partial charge on any atom is -0.387 e. The van der Waals surface area contributed by atoms with Gasteiger partial charge >= 0.3 is 6.03 Å². The molecule has 2 heterocycles. The summed E-state index contributed by atoms with van der Waals surface area (Å²) in [6.45, 7) is 4.75. The number of benzene rings is 1. The molecule has 1 saturated heterocycles. The number of hydrogen-bond acceptors (Lipinski definition) is 5. The molecule has 0 bridgehead atoms. The highest BCUT2D eigenvalue weighted by molar-refractivity contribution is 5.75. The predicted molar refractivity (Wildman–Crippen MR) is 131 cm³/mol. The summed E-state index contributed by atoms with van der Waals surface area (Å²) in [6.07, 6.45) is 8.67. The Bertz CT molecular complexity index is 1020. The van der Waals surface area contributed by atoms with Crippen LogP contribution in [0.25, 0.3) is 0 Å². The Kier molecular flexibility index (Phi) is 7.38. The fourth-order valence-corrected chi connectivity index (χ4v) is 5.91. The fraction of sp³-hybridized carbons (Fsp3) is 0.577. The zero-order valence-electron chi connectivity index (χ0n) is 20.3. The number of nitrogens with one attached hydrogen (secondary N) is 1. The Morgan fingerprint density at radius 1 is 1.29 bits per heavy atom. The van der Waals surface area contributed by atoms with Crippen molar-refractivity contribution in [3.63, 3.8) is 0 Å². The van der Waals surface area contributed by atoms with E-state index in [2.05, 4.69) is 22.4 Å². The quantitative estimate of drug-likeness (QED) is 0.653. The Morgan fingerprint density at radius 3 is 2.71 bits per heavy atom. The van der Waals surface area contributed by atoms with E-state index in [0.717, 1.165) is 44.3 Å². The average molecular weight is 468 g/mol. The molecule has 2 N–H and O–H groups in total. The highest BCUT2D eigenvalue weighted by atomic mass is 16.3. The third kappa shape index (κ3) is 4.74. The molecule has 2 atom stereocenters. The number of rotatable bonds is 7. The molecule has 8 nitrogen and oxygen atoms in total. The normalized spacial score (nSPS) is 21.7. The van der Waals surface area contributed by atoms with Crippen molar-refractivity contribution in [2.75, 3.05) is 33.2 Å². The second-order valence-corrected chi connectivity index (χ2v) is 9.88. The SMILES string of the molecule is CCC(O)(Cn1ccncc1=O)C1(CN(C)C(=O)N2CCNC[C@H]2c2ccccc2)CCCC1. The van der Waals surface area contributed by atoms with Gasteiger partial charge in [-0.15, -0.1) is 0 Å². The van der Waals surface area contributed by atoms with Crippen LogP contribution in [-0.4, -0.2) is 69.3 Å². The van der Waals surface area contributed by atoms with Crippen molar-refractivity contribution >= 4 is 6.03 Å². The number of carbonyl (C=O) groups is 1. The maximum Gasteiger partial charge on any atom is 0.320 e. The lowest BCUT2D eigenvalue weighted by Gasteiger charge is -2.48. The van der Waals surface area contributed by atoms with Crippen molar-refractivity contribution in [2.24, 2.45) is 5.41 Å². The van der Waals surface area contributed by atoms with Gasteiger partial charge in [0.15, 0.2) is 0 Å². The summed E-state index contributed by atoms with van der Waals surface area (Å²) in [4.78, 5) is 33.7. The van der Waals surface area contributed by atoms with Gasteiger partial charge in [0.25, 0.3) is 5.56 Å². The van der Waals surface area contributed by atoms with Gasteiger partial charge in [-0.25, -0.2) is 4.79 Å². The first-order chi connectivity index (χ1) is 16.4. The number of aliphatic hydroxyl groups is 1. The third-order valence-corrected chi connectivity index (χ3v) is 7.91. The van der Waals surface area contributed by atoms with Crippen LogP contribution in [0.15, 0.2) is 53.7 Å². The van der Waals surface area contributed by atoms with Crippen molar-refractivity contribution < 1.29 is 9.90 Å². The Balaban J connectivity index is 1.57. The van der Waals surface area contributed by atoms with Crippen molar-refractivity contribution in [3.05, 3.63) is 64.8 Å². The van der Waals surface area contributed by atoms with Crippen LogP contribution >= 0.6 is 0 Å². The van der Waals surface area contributed by atoms with Crippen molar-refractivity contribution in [1.82, 2.24) is 24.7 Å². The lowest BCUT2D eigenvalue weighted by molar-refractivity contribution is -0.107. The number of amides is 2. The predicted octanol–water partition coefficient (Wildman–Crippen LogP) is 2.64. The van der Waals surface area contributed by atoms with E-state index < -0.39 is 11.0 Å². The van der Waals surface area contributed by atoms with Crippen molar-refractivity contribution in [2.45, 2.75) is 57.2 Å².